The van der Waals surface area contributed by atoms with Gasteiger partial charge in [0.15, 0.2) is 0 Å². The van der Waals surface area contributed by atoms with Gasteiger partial charge in [0.25, 0.3) is 0 Å². The summed E-state index contributed by atoms with van der Waals surface area (Å²) < 4.78 is 0. The molecule has 0 saturated heterocycles. The highest BCUT2D eigenvalue weighted by Crippen LogP contribution is 2.23. The molecule has 0 spiro atoms. The van der Waals surface area contributed by atoms with E-state index in [0.717, 1.165) is 5.92 Å². The van der Waals surface area contributed by atoms with E-state index in [-0.39, 0.29) is 7.43 Å². The Hall–Kier alpha value is 0. The molecule has 0 heterocycles. The van der Waals surface area contributed by atoms with Gasteiger partial charge in [0.1, 0.15) is 0 Å². The molecule has 0 aromatic heterocycles. The predicted octanol–water partition coefficient (Wildman–Crippen LogP) is 8.99. The van der Waals surface area contributed by atoms with Gasteiger partial charge in [0.2, 0.25) is 0 Å². The first-order chi connectivity index (χ1) is 9.04. The molecule has 0 aliphatic carbocycles. The van der Waals surface area contributed by atoms with Gasteiger partial charge in [-0.15, -0.1) is 0 Å². The molecular weight excluding hydrogens is 264 g/mol. The molecule has 0 radical (unpaired) electrons. The highest BCUT2D eigenvalue weighted by Gasteiger charge is 2.11. The van der Waals surface area contributed by atoms with E-state index in [4.69, 9.17) is 0 Å². The lowest BCUT2D eigenvalue weighted by atomic mass is 9.86. The van der Waals surface area contributed by atoms with Crippen molar-refractivity contribution < 1.29 is 0 Å². The van der Waals surface area contributed by atoms with E-state index in [9.17, 15) is 0 Å². The van der Waals surface area contributed by atoms with E-state index < -0.39 is 0 Å². The Kier molecular flexibility index (Phi) is 18.3. The van der Waals surface area contributed by atoms with Crippen molar-refractivity contribution in [2.45, 2.75) is 123 Å². The van der Waals surface area contributed by atoms with Gasteiger partial charge in [-0.2, -0.15) is 0 Å². The summed E-state index contributed by atoms with van der Waals surface area (Å²) in [4.78, 5) is 0. The van der Waals surface area contributed by atoms with Gasteiger partial charge in [-0.05, 0) is 35.0 Å². The Morgan fingerprint density at radius 2 is 0.955 bits per heavy atom. The summed E-state index contributed by atoms with van der Waals surface area (Å²) in [7, 11) is 0. The van der Waals surface area contributed by atoms with Crippen molar-refractivity contribution in [1.29, 1.82) is 0 Å². The topological polar surface area (TPSA) is 0 Å². The summed E-state index contributed by atoms with van der Waals surface area (Å²) in [6.45, 7) is 29.4. The second-order valence-electron chi connectivity index (χ2n) is 10.4. The fourth-order valence-corrected chi connectivity index (χ4v) is 1.97. The summed E-state index contributed by atoms with van der Waals surface area (Å²) >= 11 is 0. The molecule has 0 nitrogen and oxygen atoms in total. The first-order valence-electron chi connectivity index (χ1n) is 9.04. The zero-order valence-corrected chi connectivity index (χ0v) is 17.9. The Morgan fingerprint density at radius 3 is 0.955 bits per heavy atom. The van der Waals surface area contributed by atoms with Crippen molar-refractivity contribution in [3.8, 4) is 0 Å². The zero-order valence-electron chi connectivity index (χ0n) is 17.9. The number of hydrogen-bond acceptors (Lipinski definition) is 0. The van der Waals surface area contributed by atoms with Gasteiger partial charge in [-0.3, -0.25) is 0 Å². The van der Waals surface area contributed by atoms with Gasteiger partial charge in [0.05, 0.1) is 0 Å². The minimum absolute atomic E-state index is 0. The Balaban J connectivity index is -0.000000109. The molecule has 0 aromatic rings. The summed E-state index contributed by atoms with van der Waals surface area (Å²) in [5.74, 6) is 0.843. The molecule has 0 atom stereocenters. The Labute approximate surface area is 145 Å². The van der Waals surface area contributed by atoms with Gasteiger partial charge >= 0.3 is 0 Å². The lowest BCUT2D eigenvalue weighted by molar-refractivity contribution is 0.320. The fourth-order valence-electron chi connectivity index (χ4n) is 1.97. The van der Waals surface area contributed by atoms with Crippen LogP contribution in [-0.2, 0) is 0 Å². The van der Waals surface area contributed by atoms with Crippen molar-refractivity contribution in [2.75, 3.05) is 0 Å². The second kappa shape index (κ2) is 13.4. The second-order valence-corrected chi connectivity index (χ2v) is 10.4. The van der Waals surface area contributed by atoms with Crippen molar-refractivity contribution in [1.82, 2.24) is 0 Å². The average molecular weight is 317 g/mol. The maximum Gasteiger partial charge on any atom is -0.0380 e. The van der Waals surface area contributed by atoms with Crippen LogP contribution in [0.3, 0.4) is 0 Å². The normalized spacial score (nSPS) is 11.7. The number of rotatable bonds is 2. The molecule has 0 aliphatic heterocycles. The van der Waals surface area contributed by atoms with Gasteiger partial charge in [-0.1, -0.05) is 110 Å². The van der Waals surface area contributed by atoms with Gasteiger partial charge in [0, 0.05) is 0 Å². The molecule has 0 rings (SSSR count). The fraction of sp³-hybridized carbons (Fsp3) is 1.00. The smallest absolute Gasteiger partial charge is 0.0380 e. The molecule has 0 amide bonds. The summed E-state index contributed by atoms with van der Waals surface area (Å²) in [6, 6.07) is 0. The molecule has 0 N–H and O–H groups in total. The van der Waals surface area contributed by atoms with E-state index in [2.05, 4.69) is 90.0 Å². The molecule has 22 heavy (non-hydrogen) atoms. The third kappa shape index (κ3) is 50.1. The molecule has 140 valence electrons. The van der Waals surface area contributed by atoms with E-state index in [1.54, 1.807) is 0 Å². The molecular formula is C22H52. The third-order valence-electron chi connectivity index (χ3n) is 3.08. The first-order valence-corrected chi connectivity index (χ1v) is 9.04. The van der Waals surface area contributed by atoms with Crippen LogP contribution in [0.25, 0.3) is 0 Å². The third-order valence-corrected chi connectivity index (χ3v) is 3.08. The minimum atomic E-state index is 0. The molecule has 0 aliphatic rings. The minimum Gasteiger partial charge on any atom is -0.0776 e. The largest absolute Gasteiger partial charge is 0.0776 e. The molecule has 0 unspecified atom stereocenters. The van der Waals surface area contributed by atoms with Crippen LogP contribution in [0.5, 0.6) is 0 Å². The Bertz CT molecular complexity index is 202. The van der Waals surface area contributed by atoms with Crippen molar-refractivity contribution in [3.63, 3.8) is 0 Å². The van der Waals surface area contributed by atoms with Crippen LogP contribution in [0.2, 0.25) is 0 Å². The number of hydrogen-bond donors (Lipinski definition) is 0. The van der Waals surface area contributed by atoms with E-state index >= 15 is 0 Å². The highest BCUT2D eigenvalue weighted by molar-refractivity contribution is 4.62. The quantitative estimate of drug-likeness (QED) is 0.476. The van der Waals surface area contributed by atoms with E-state index in [1.807, 2.05) is 0 Å². The van der Waals surface area contributed by atoms with Crippen LogP contribution >= 0.6 is 0 Å². The lowest BCUT2D eigenvalue weighted by Crippen LogP contribution is -2.08. The summed E-state index contributed by atoms with van der Waals surface area (Å²) in [5, 5.41) is 0. The average Bonchev–Trinajstić information content (AvgIpc) is 2.12. The summed E-state index contributed by atoms with van der Waals surface area (Å²) in [6.07, 6.45) is 5.25. The monoisotopic (exact) mass is 316 g/mol. The van der Waals surface area contributed by atoms with Crippen molar-refractivity contribution in [3.05, 3.63) is 0 Å². The molecule has 0 fully saturated rings. The van der Waals surface area contributed by atoms with Crippen LogP contribution in [0, 0.1) is 22.2 Å². The van der Waals surface area contributed by atoms with Crippen LogP contribution < -0.4 is 0 Å². The summed E-state index contributed by atoms with van der Waals surface area (Å²) in [5.41, 5.74) is 1.61. The van der Waals surface area contributed by atoms with Crippen LogP contribution in [-0.4, -0.2) is 0 Å². The van der Waals surface area contributed by atoms with Gasteiger partial charge in [-0.25, -0.2) is 0 Å². The molecule has 0 saturated carbocycles. The van der Waals surface area contributed by atoms with Crippen molar-refractivity contribution >= 4 is 0 Å². The predicted molar refractivity (Wildman–Crippen MR) is 110 cm³/mol. The van der Waals surface area contributed by atoms with E-state index in [0.29, 0.717) is 16.2 Å². The van der Waals surface area contributed by atoms with Crippen LogP contribution in [0.15, 0.2) is 0 Å². The molecule has 0 bridgehead atoms. The highest BCUT2D eigenvalue weighted by atomic mass is 14.2. The SMILES string of the molecule is C.CC(C)CC(C)(C)C.CCC(C)(C)C.CCCC(C)(C)C. The van der Waals surface area contributed by atoms with Crippen LogP contribution in [0.4, 0.5) is 0 Å². The van der Waals surface area contributed by atoms with Gasteiger partial charge < -0.3 is 0 Å². The van der Waals surface area contributed by atoms with E-state index in [1.165, 1.54) is 25.7 Å². The lowest BCUT2D eigenvalue weighted by Gasteiger charge is -2.19. The zero-order chi connectivity index (χ0) is 17.9. The van der Waals surface area contributed by atoms with Crippen LogP contribution in [0.1, 0.15) is 123 Å². The van der Waals surface area contributed by atoms with Crippen molar-refractivity contribution in [2.24, 2.45) is 22.2 Å². The molecule has 0 heteroatoms. The molecule has 0 aromatic carbocycles. The maximum absolute atomic E-state index is 2.28. The standard InChI is InChI=1S/C8H18.C7H16.C6H14.CH4/c1-7(2)6-8(3,4)5;1-5-6-7(2,3)4;1-5-6(2,3)4;/h7H,6H2,1-5H3;5-6H2,1-4H3;5H2,1-4H3;1H4. The Morgan fingerprint density at radius 1 is 0.636 bits per heavy atom. The first kappa shape index (κ1) is 29.9. The maximum atomic E-state index is 2.28.